The molecule has 1 aliphatic carbocycles. The molecule has 0 saturated heterocycles. The molecule has 1 aromatic carbocycles. The van der Waals surface area contributed by atoms with Crippen LogP contribution >= 0.6 is 0 Å². The highest BCUT2D eigenvalue weighted by molar-refractivity contribution is 5.69. The van der Waals surface area contributed by atoms with E-state index < -0.39 is 39.8 Å². The van der Waals surface area contributed by atoms with Gasteiger partial charge in [0.2, 0.25) is 5.75 Å². The van der Waals surface area contributed by atoms with Crippen LogP contribution in [0.15, 0.2) is 12.1 Å². The van der Waals surface area contributed by atoms with Crippen LogP contribution in [0.25, 0.3) is 0 Å². The van der Waals surface area contributed by atoms with E-state index in [0.29, 0.717) is 18.9 Å². The summed E-state index contributed by atoms with van der Waals surface area (Å²) in [5.41, 5.74) is -3.46. The number of nitro groups is 1. The normalized spacial score (nSPS) is 15.5. The Balaban J connectivity index is 2.44. The van der Waals surface area contributed by atoms with Crippen LogP contribution in [0.5, 0.6) is 5.75 Å². The van der Waals surface area contributed by atoms with Crippen molar-refractivity contribution in [2.45, 2.75) is 70.8 Å². The number of nitrogens with zero attached hydrogens (tertiary/aromatic N) is 2. The molecule has 0 radical (unpaired) electrons. The molecule has 1 amide bonds. The Morgan fingerprint density at radius 1 is 1.29 bits per heavy atom. The van der Waals surface area contributed by atoms with Gasteiger partial charge in [-0.25, -0.2) is 4.79 Å². The zero-order chi connectivity index (χ0) is 21.3. The zero-order valence-corrected chi connectivity index (χ0v) is 15.9. The molecular formula is C18H23F3N2O5. The van der Waals surface area contributed by atoms with Gasteiger partial charge in [0.05, 0.1) is 4.92 Å². The number of nitro benzene ring substituents is 1. The van der Waals surface area contributed by atoms with Gasteiger partial charge < -0.3 is 14.7 Å². The van der Waals surface area contributed by atoms with Crippen molar-refractivity contribution in [3.8, 4) is 5.75 Å². The Hall–Kier alpha value is -2.52. The van der Waals surface area contributed by atoms with E-state index >= 15 is 0 Å². The molecule has 0 spiro atoms. The van der Waals surface area contributed by atoms with Crippen LogP contribution in [-0.4, -0.2) is 32.7 Å². The molecule has 0 aromatic heterocycles. The van der Waals surface area contributed by atoms with Crippen molar-refractivity contribution in [1.29, 1.82) is 0 Å². The van der Waals surface area contributed by atoms with Crippen LogP contribution in [0, 0.1) is 10.1 Å². The Morgan fingerprint density at radius 3 is 2.32 bits per heavy atom. The molecule has 0 bridgehead atoms. The molecule has 1 saturated carbocycles. The fourth-order valence-electron chi connectivity index (χ4n) is 3.20. The third-order valence-corrected chi connectivity index (χ3v) is 4.40. The van der Waals surface area contributed by atoms with Gasteiger partial charge in [-0.15, -0.1) is 0 Å². The van der Waals surface area contributed by atoms with Crippen LogP contribution in [-0.2, 0) is 17.5 Å². The van der Waals surface area contributed by atoms with Gasteiger partial charge in [-0.05, 0) is 45.2 Å². The Kier molecular flexibility index (Phi) is 6.10. The van der Waals surface area contributed by atoms with Crippen molar-refractivity contribution in [3.05, 3.63) is 33.4 Å². The van der Waals surface area contributed by atoms with Crippen molar-refractivity contribution in [1.82, 2.24) is 4.90 Å². The summed E-state index contributed by atoms with van der Waals surface area (Å²) < 4.78 is 45.0. The number of amides is 1. The number of phenolic OH excluding ortho intramolecular Hbond substituents is 1. The molecule has 0 atom stereocenters. The quantitative estimate of drug-likeness (QED) is 0.563. The van der Waals surface area contributed by atoms with Crippen LogP contribution < -0.4 is 0 Å². The fraction of sp³-hybridized carbons (Fsp3) is 0.611. The van der Waals surface area contributed by atoms with E-state index in [2.05, 4.69) is 0 Å². The van der Waals surface area contributed by atoms with Crippen molar-refractivity contribution >= 4 is 11.8 Å². The Labute approximate surface area is 160 Å². The van der Waals surface area contributed by atoms with E-state index in [4.69, 9.17) is 4.74 Å². The first-order valence-electron chi connectivity index (χ1n) is 8.86. The SMILES string of the molecule is CC(C)(C)OC(=O)N(Cc1cc([N+](=O)[O-])c(O)c(C(F)(F)F)c1)C1CCCC1. The standard InChI is InChI=1S/C18H23F3N2O5/c1-17(2,3)28-16(25)22(12-6-4-5-7-12)10-11-8-13(18(19,20)21)15(24)14(9-11)23(26)27/h8-9,12,24H,4-7,10H2,1-3H3. The maximum atomic E-state index is 13.2. The van der Waals surface area contributed by atoms with E-state index in [1.165, 1.54) is 4.90 Å². The van der Waals surface area contributed by atoms with Crippen LogP contribution in [0.1, 0.15) is 57.6 Å². The molecule has 0 aliphatic heterocycles. The van der Waals surface area contributed by atoms with Gasteiger partial charge in [-0.1, -0.05) is 12.8 Å². The number of hydrogen-bond donors (Lipinski definition) is 1. The number of alkyl halides is 3. The summed E-state index contributed by atoms with van der Waals surface area (Å²) in [5.74, 6) is -1.44. The molecule has 0 unspecified atom stereocenters. The third kappa shape index (κ3) is 5.26. The van der Waals surface area contributed by atoms with E-state index in [-0.39, 0.29) is 18.2 Å². The smallest absolute Gasteiger partial charge is 0.420 e. The highest BCUT2D eigenvalue weighted by Gasteiger charge is 2.39. The second kappa shape index (κ2) is 7.84. The molecule has 1 N–H and O–H groups in total. The number of rotatable bonds is 4. The van der Waals surface area contributed by atoms with E-state index in [9.17, 15) is 33.2 Å². The summed E-state index contributed by atoms with van der Waals surface area (Å²) in [6, 6.07) is 1.27. The maximum absolute atomic E-state index is 13.2. The lowest BCUT2D eigenvalue weighted by molar-refractivity contribution is -0.386. The number of carbonyl (C=O) groups excluding carboxylic acids is 1. The minimum Gasteiger partial charge on any atom is -0.502 e. The molecule has 1 aromatic rings. The van der Waals surface area contributed by atoms with E-state index in [1.54, 1.807) is 20.8 Å². The topological polar surface area (TPSA) is 92.9 Å². The number of phenols is 1. The van der Waals surface area contributed by atoms with E-state index in [1.807, 2.05) is 0 Å². The Bertz CT molecular complexity index is 753. The highest BCUT2D eigenvalue weighted by Crippen LogP contribution is 2.42. The van der Waals surface area contributed by atoms with Gasteiger partial charge in [0, 0.05) is 18.7 Å². The first-order chi connectivity index (χ1) is 12.8. The maximum Gasteiger partial charge on any atom is 0.420 e. The predicted molar refractivity (Wildman–Crippen MR) is 93.8 cm³/mol. The number of hydrogen-bond acceptors (Lipinski definition) is 5. The van der Waals surface area contributed by atoms with Gasteiger partial charge >= 0.3 is 18.0 Å². The molecule has 1 aliphatic rings. The monoisotopic (exact) mass is 404 g/mol. The second-order valence-corrected chi connectivity index (χ2v) is 7.81. The minimum absolute atomic E-state index is 0.102. The summed E-state index contributed by atoms with van der Waals surface area (Å²) in [6.07, 6.45) is -2.59. The molecule has 7 nitrogen and oxygen atoms in total. The number of ether oxygens (including phenoxy) is 1. The summed E-state index contributed by atoms with van der Waals surface area (Å²) in [7, 11) is 0. The first-order valence-corrected chi connectivity index (χ1v) is 8.86. The zero-order valence-electron chi connectivity index (χ0n) is 15.9. The van der Waals surface area contributed by atoms with Gasteiger partial charge in [-0.2, -0.15) is 13.2 Å². The Morgan fingerprint density at radius 2 is 1.86 bits per heavy atom. The van der Waals surface area contributed by atoms with Crippen LogP contribution in [0.3, 0.4) is 0 Å². The average Bonchev–Trinajstić information content (AvgIpc) is 3.04. The molecule has 0 heterocycles. The second-order valence-electron chi connectivity index (χ2n) is 7.81. The van der Waals surface area contributed by atoms with Gasteiger partial charge in [0.1, 0.15) is 11.2 Å². The summed E-state index contributed by atoms with van der Waals surface area (Å²) in [4.78, 5) is 23.9. The van der Waals surface area contributed by atoms with Crippen molar-refractivity contribution in [3.63, 3.8) is 0 Å². The predicted octanol–water partition coefficient (Wildman–Crippen LogP) is 5.00. The molecule has 156 valence electrons. The lowest BCUT2D eigenvalue weighted by atomic mass is 10.1. The largest absolute Gasteiger partial charge is 0.502 e. The lowest BCUT2D eigenvalue weighted by Gasteiger charge is -2.31. The fourth-order valence-corrected chi connectivity index (χ4v) is 3.20. The molecule has 1 fully saturated rings. The van der Waals surface area contributed by atoms with Crippen molar-refractivity contribution in [2.75, 3.05) is 0 Å². The minimum atomic E-state index is -4.98. The summed E-state index contributed by atoms with van der Waals surface area (Å²) in [6.45, 7) is 4.73. The molecule has 10 heteroatoms. The van der Waals surface area contributed by atoms with Crippen molar-refractivity contribution < 1.29 is 32.7 Å². The van der Waals surface area contributed by atoms with E-state index in [0.717, 1.165) is 18.9 Å². The molecular weight excluding hydrogens is 381 g/mol. The lowest BCUT2D eigenvalue weighted by Crippen LogP contribution is -2.41. The number of halogens is 3. The van der Waals surface area contributed by atoms with Crippen molar-refractivity contribution in [2.24, 2.45) is 0 Å². The number of aromatic hydroxyl groups is 1. The molecule has 2 rings (SSSR count). The highest BCUT2D eigenvalue weighted by atomic mass is 19.4. The molecule has 28 heavy (non-hydrogen) atoms. The third-order valence-electron chi connectivity index (χ3n) is 4.40. The number of carbonyl (C=O) groups is 1. The average molecular weight is 404 g/mol. The van der Waals surface area contributed by atoms with Gasteiger partial charge in [-0.3, -0.25) is 10.1 Å². The van der Waals surface area contributed by atoms with Gasteiger partial charge in [0.25, 0.3) is 0 Å². The van der Waals surface area contributed by atoms with Crippen LogP contribution in [0.2, 0.25) is 0 Å². The first kappa shape index (κ1) is 21.8. The van der Waals surface area contributed by atoms with Gasteiger partial charge in [0.15, 0.2) is 0 Å². The summed E-state index contributed by atoms with van der Waals surface area (Å²) >= 11 is 0. The van der Waals surface area contributed by atoms with Crippen LogP contribution in [0.4, 0.5) is 23.7 Å². The number of benzene rings is 1. The summed E-state index contributed by atoms with van der Waals surface area (Å²) in [5, 5.41) is 20.7.